The number of carbonyl (C=O) groups excluding carboxylic acids is 1. The Balaban J connectivity index is 2.48. The second kappa shape index (κ2) is 5.58. The van der Waals surface area contributed by atoms with E-state index in [0.717, 1.165) is 0 Å². The van der Waals surface area contributed by atoms with E-state index in [0.29, 0.717) is 16.8 Å². The minimum Gasteiger partial charge on any atom is -0.355 e. The first-order chi connectivity index (χ1) is 9.29. The van der Waals surface area contributed by atoms with E-state index in [-0.39, 0.29) is 23.0 Å². The van der Waals surface area contributed by atoms with E-state index < -0.39 is 6.29 Å². The molecule has 1 aromatic heterocycles. The zero-order valence-electron chi connectivity index (χ0n) is 12.5. The van der Waals surface area contributed by atoms with Crippen molar-refractivity contribution in [3.8, 4) is 0 Å². The van der Waals surface area contributed by atoms with Crippen LogP contribution in [-0.4, -0.2) is 36.1 Å². The van der Waals surface area contributed by atoms with E-state index in [9.17, 15) is 4.79 Å². The number of carbonyl (C=O) groups is 1. The summed E-state index contributed by atoms with van der Waals surface area (Å²) in [5.41, 5.74) is 0.563. The number of hydrogen-bond acceptors (Lipinski definition) is 4. The Morgan fingerprint density at radius 1 is 1.40 bits per heavy atom. The van der Waals surface area contributed by atoms with Gasteiger partial charge in [0.1, 0.15) is 10.3 Å². The van der Waals surface area contributed by atoms with Crippen LogP contribution >= 0.6 is 15.9 Å². The summed E-state index contributed by atoms with van der Waals surface area (Å²) < 4.78 is 13.2. The Morgan fingerprint density at radius 3 is 2.50 bits per heavy atom. The van der Waals surface area contributed by atoms with Gasteiger partial charge in [0.05, 0.1) is 5.92 Å². The summed E-state index contributed by atoms with van der Waals surface area (Å²) >= 11 is 3.33. The molecule has 0 amide bonds. The third-order valence-corrected chi connectivity index (χ3v) is 4.37. The predicted molar refractivity (Wildman–Crippen MR) is 78.5 cm³/mol. The third kappa shape index (κ3) is 2.69. The van der Waals surface area contributed by atoms with Gasteiger partial charge in [0, 0.05) is 26.8 Å². The number of Topliss-reactive ketones (excluding diaryl/α,β-unsaturated/α-hetero) is 1. The zero-order chi connectivity index (χ0) is 15.1. The van der Waals surface area contributed by atoms with Crippen molar-refractivity contribution in [1.82, 2.24) is 9.78 Å². The van der Waals surface area contributed by atoms with Gasteiger partial charge in [-0.2, -0.15) is 5.10 Å². The molecule has 0 aromatic carbocycles. The molecule has 112 valence electrons. The number of rotatable bonds is 3. The number of aromatic nitrogens is 2. The van der Waals surface area contributed by atoms with Crippen molar-refractivity contribution in [2.75, 3.05) is 14.2 Å². The summed E-state index contributed by atoms with van der Waals surface area (Å²) in [5, 5.41) is 4.34. The third-order valence-electron chi connectivity index (χ3n) is 3.98. The molecular weight excluding hydrogens is 324 g/mol. The first kappa shape index (κ1) is 15.7. The molecular formula is C14H21BrN2O3. The van der Waals surface area contributed by atoms with Crippen molar-refractivity contribution in [3.63, 3.8) is 0 Å². The Hall–Kier alpha value is -0.720. The smallest absolute Gasteiger partial charge is 0.189 e. The maximum Gasteiger partial charge on any atom is 0.189 e. The van der Waals surface area contributed by atoms with E-state index in [1.807, 2.05) is 0 Å². The van der Waals surface area contributed by atoms with Gasteiger partial charge in [0.2, 0.25) is 0 Å². The lowest BCUT2D eigenvalue weighted by atomic mass is 9.69. The highest BCUT2D eigenvalue weighted by Gasteiger charge is 2.46. The zero-order valence-corrected chi connectivity index (χ0v) is 14.1. The molecule has 0 fully saturated rings. The summed E-state index contributed by atoms with van der Waals surface area (Å²) in [5.74, 6) is -0.191. The average Bonchev–Trinajstić information content (AvgIpc) is 2.73. The summed E-state index contributed by atoms with van der Waals surface area (Å²) in [4.78, 5) is 12.8. The number of methoxy groups -OCH3 is 2. The summed E-state index contributed by atoms with van der Waals surface area (Å²) in [6.45, 7) is 7.07. The van der Waals surface area contributed by atoms with Crippen molar-refractivity contribution < 1.29 is 14.3 Å². The molecule has 2 atom stereocenters. The molecule has 0 N–H and O–H groups in total. The van der Waals surface area contributed by atoms with Crippen molar-refractivity contribution in [1.29, 1.82) is 0 Å². The van der Waals surface area contributed by atoms with Crippen LogP contribution in [0, 0.1) is 17.3 Å². The summed E-state index contributed by atoms with van der Waals surface area (Å²) in [7, 11) is 3.14. The van der Waals surface area contributed by atoms with Crippen LogP contribution in [-0.2, 0) is 16.0 Å². The number of halogens is 1. The summed E-state index contributed by atoms with van der Waals surface area (Å²) in [6, 6.07) is 1.76. The van der Waals surface area contributed by atoms with Crippen LogP contribution in [0.15, 0.2) is 10.7 Å². The monoisotopic (exact) mass is 344 g/mol. The molecule has 0 radical (unpaired) electrons. The van der Waals surface area contributed by atoms with Gasteiger partial charge in [-0.05, 0) is 27.3 Å². The Kier molecular flexibility index (Phi) is 4.37. The fraction of sp³-hybridized carbons (Fsp3) is 0.714. The van der Waals surface area contributed by atoms with Gasteiger partial charge in [-0.25, -0.2) is 0 Å². The standard InChI is InChI=1S/C14H21BrN2O3/c1-14(2,3)8-7-17-9(6-10(15)16-17)12(18)11(8)13(19-4)20-5/h6,8,11,13H,7H2,1-5H3/t8-,11?/m1/s1. The van der Waals surface area contributed by atoms with Crippen LogP contribution in [0.3, 0.4) is 0 Å². The molecule has 1 unspecified atom stereocenters. The van der Waals surface area contributed by atoms with Gasteiger partial charge in [-0.15, -0.1) is 0 Å². The molecule has 2 rings (SSSR count). The topological polar surface area (TPSA) is 53.4 Å². The number of ether oxygens (including phenoxy) is 2. The van der Waals surface area contributed by atoms with Gasteiger partial charge < -0.3 is 9.47 Å². The number of nitrogens with zero attached hydrogens (tertiary/aromatic N) is 2. The minimum atomic E-state index is -0.533. The molecule has 0 bridgehead atoms. The maximum absolute atomic E-state index is 12.8. The molecule has 20 heavy (non-hydrogen) atoms. The highest BCUT2D eigenvalue weighted by Crippen LogP contribution is 2.41. The lowest BCUT2D eigenvalue weighted by Gasteiger charge is -2.41. The number of ketones is 1. The van der Waals surface area contributed by atoms with Crippen LogP contribution in [0.25, 0.3) is 0 Å². The summed E-state index contributed by atoms with van der Waals surface area (Å²) in [6.07, 6.45) is -0.533. The molecule has 1 aliphatic heterocycles. The second-order valence-corrected chi connectivity index (χ2v) is 7.05. The van der Waals surface area contributed by atoms with Crippen LogP contribution in [0.1, 0.15) is 31.3 Å². The molecule has 1 aromatic rings. The van der Waals surface area contributed by atoms with Gasteiger partial charge in [0.25, 0.3) is 0 Å². The van der Waals surface area contributed by atoms with Gasteiger partial charge >= 0.3 is 0 Å². The van der Waals surface area contributed by atoms with E-state index in [1.54, 1.807) is 25.0 Å². The van der Waals surface area contributed by atoms with Crippen molar-refractivity contribution in [3.05, 3.63) is 16.4 Å². The van der Waals surface area contributed by atoms with Crippen LogP contribution in [0.2, 0.25) is 0 Å². The van der Waals surface area contributed by atoms with Crippen LogP contribution in [0.5, 0.6) is 0 Å². The van der Waals surface area contributed by atoms with Crippen molar-refractivity contribution in [2.24, 2.45) is 17.3 Å². The van der Waals surface area contributed by atoms with Crippen molar-refractivity contribution >= 4 is 21.7 Å². The fourth-order valence-electron chi connectivity index (χ4n) is 2.89. The highest BCUT2D eigenvalue weighted by atomic mass is 79.9. The van der Waals surface area contributed by atoms with Crippen LogP contribution in [0.4, 0.5) is 0 Å². The van der Waals surface area contributed by atoms with E-state index >= 15 is 0 Å². The fourth-order valence-corrected chi connectivity index (χ4v) is 3.30. The van der Waals surface area contributed by atoms with Gasteiger partial charge in [-0.3, -0.25) is 9.48 Å². The first-order valence-electron chi connectivity index (χ1n) is 6.62. The lowest BCUT2D eigenvalue weighted by Crippen LogP contribution is -2.48. The Labute approximate surface area is 127 Å². The average molecular weight is 345 g/mol. The number of fused-ring (bicyclic) bond motifs is 1. The predicted octanol–water partition coefficient (Wildman–Crippen LogP) is 2.74. The molecule has 1 aliphatic rings. The second-order valence-electron chi connectivity index (χ2n) is 6.24. The first-order valence-corrected chi connectivity index (χ1v) is 7.42. The highest BCUT2D eigenvalue weighted by molar-refractivity contribution is 9.10. The quantitative estimate of drug-likeness (QED) is 0.791. The molecule has 2 heterocycles. The van der Waals surface area contributed by atoms with E-state index in [1.165, 1.54) is 0 Å². The lowest BCUT2D eigenvalue weighted by molar-refractivity contribution is -0.150. The van der Waals surface area contributed by atoms with Gasteiger partial charge in [-0.1, -0.05) is 20.8 Å². The maximum atomic E-state index is 12.8. The SMILES string of the molecule is COC(OC)C1C(=O)c2cc(Br)nn2C[C@H]1C(C)(C)C. The molecule has 6 heteroatoms. The normalized spacial score (nSPS) is 23.2. The molecule has 0 spiro atoms. The molecule has 0 saturated carbocycles. The Morgan fingerprint density at radius 2 is 2.00 bits per heavy atom. The largest absolute Gasteiger partial charge is 0.355 e. The van der Waals surface area contributed by atoms with E-state index in [4.69, 9.17) is 9.47 Å². The van der Waals surface area contributed by atoms with Crippen LogP contribution < -0.4 is 0 Å². The van der Waals surface area contributed by atoms with Crippen molar-refractivity contribution in [2.45, 2.75) is 33.6 Å². The van der Waals surface area contributed by atoms with Gasteiger partial charge in [0.15, 0.2) is 12.1 Å². The molecule has 0 saturated heterocycles. The number of hydrogen-bond donors (Lipinski definition) is 0. The molecule has 5 nitrogen and oxygen atoms in total. The minimum absolute atomic E-state index is 0.0306. The molecule has 0 aliphatic carbocycles. The Bertz CT molecular complexity index is 503. The van der Waals surface area contributed by atoms with E-state index in [2.05, 4.69) is 41.8 Å².